The van der Waals surface area contributed by atoms with E-state index in [0.29, 0.717) is 24.0 Å². The minimum atomic E-state index is -1.06. The summed E-state index contributed by atoms with van der Waals surface area (Å²) in [5.41, 5.74) is -0.256. The predicted molar refractivity (Wildman–Crippen MR) is 70.6 cm³/mol. The maximum absolute atomic E-state index is 11.8. The van der Waals surface area contributed by atoms with Crippen LogP contribution >= 0.6 is 0 Å². The van der Waals surface area contributed by atoms with Crippen molar-refractivity contribution in [2.75, 3.05) is 13.2 Å². The Kier molecular flexibility index (Phi) is 3.01. The van der Waals surface area contributed by atoms with Crippen LogP contribution in [0, 0.1) is 17.3 Å². The Morgan fingerprint density at radius 1 is 1.35 bits per heavy atom. The van der Waals surface area contributed by atoms with Gasteiger partial charge in [0.1, 0.15) is 6.61 Å². The number of rotatable bonds is 1. The SMILES string of the molecule is C[C@]1(CO)C[C@@H]2[C@H](O)C3=C(C[C@@](C)(O)[C@H]2C1)C(=O)OC3. The second kappa shape index (κ2) is 4.29. The van der Waals surface area contributed by atoms with Crippen molar-refractivity contribution in [2.24, 2.45) is 17.3 Å². The largest absolute Gasteiger partial charge is 0.458 e. The van der Waals surface area contributed by atoms with E-state index < -0.39 is 17.7 Å². The molecule has 5 heteroatoms. The first-order valence-corrected chi connectivity index (χ1v) is 7.18. The molecule has 0 aromatic carbocycles. The van der Waals surface area contributed by atoms with Crippen LogP contribution < -0.4 is 0 Å². The van der Waals surface area contributed by atoms with Gasteiger partial charge < -0.3 is 20.1 Å². The molecule has 3 aliphatic rings. The lowest BCUT2D eigenvalue weighted by atomic mass is 9.78. The first kappa shape index (κ1) is 14.0. The number of ether oxygens (including phenoxy) is 1. The zero-order valence-corrected chi connectivity index (χ0v) is 11.9. The van der Waals surface area contributed by atoms with Crippen LogP contribution in [0.3, 0.4) is 0 Å². The highest BCUT2D eigenvalue weighted by atomic mass is 16.5. The normalized spacial score (nSPS) is 47.9. The highest BCUT2D eigenvalue weighted by molar-refractivity contribution is 5.92. The van der Waals surface area contributed by atoms with Crippen molar-refractivity contribution in [3.8, 4) is 0 Å². The number of esters is 1. The number of aliphatic hydroxyl groups excluding tert-OH is 2. The Bertz CT molecular complexity index is 481. The molecule has 0 radical (unpaired) electrons. The Morgan fingerprint density at radius 2 is 2.05 bits per heavy atom. The Labute approximate surface area is 118 Å². The molecule has 3 N–H and O–H groups in total. The second-order valence-electron chi connectivity index (χ2n) is 7.21. The van der Waals surface area contributed by atoms with E-state index >= 15 is 0 Å². The Morgan fingerprint density at radius 3 is 2.70 bits per heavy atom. The maximum Gasteiger partial charge on any atom is 0.334 e. The van der Waals surface area contributed by atoms with Crippen molar-refractivity contribution in [1.29, 1.82) is 0 Å². The molecular weight excluding hydrogens is 260 g/mol. The molecule has 3 rings (SSSR count). The predicted octanol–water partition coefficient (Wildman–Crippen LogP) is 0.380. The van der Waals surface area contributed by atoms with Crippen LogP contribution in [-0.2, 0) is 9.53 Å². The fourth-order valence-electron chi connectivity index (χ4n) is 4.26. The van der Waals surface area contributed by atoms with Gasteiger partial charge in [-0.05, 0) is 37.0 Å². The van der Waals surface area contributed by atoms with Gasteiger partial charge in [-0.15, -0.1) is 0 Å². The number of carbonyl (C=O) groups is 1. The van der Waals surface area contributed by atoms with Gasteiger partial charge in [0, 0.05) is 24.2 Å². The highest BCUT2D eigenvalue weighted by Gasteiger charge is 2.55. The third kappa shape index (κ3) is 1.91. The van der Waals surface area contributed by atoms with Gasteiger partial charge >= 0.3 is 5.97 Å². The number of hydrogen-bond donors (Lipinski definition) is 3. The van der Waals surface area contributed by atoms with Gasteiger partial charge in [-0.3, -0.25) is 0 Å². The summed E-state index contributed by atoms with van der Waals surface area (Å²) in [6.45, 7) is 3.88. The first-order chi connectivity index (χ1) is 9.27. The maximum atomic E-state index is 11.8. The van der Waals surface area contributed by atoms with Crippen LogP contribution in [0.1, 0.15) is 33.1 Å². The second-order valence-corrected chi connectivity index (χ2v) is 7.21. The van der Waals surface area contributed by atoms with Gasteiger partial charge in [-0.25, -0.2) is 4.79 Å². The third-order valence-electron chi connectivity index (χ3n) is 5.43. The van der Waals surface area contributed by atoms with E-state index in [9.17, 15) is 20.1 Å². The van der Waals surface area contributed by atoms with Gasteiger partial charge in [0.2, 0.25) is 0 Å². The lowest BCUT2D eigenvalue weighted by Gasteiger charge is -2.34. The molecule has 5 nitrogen and oxygen atoms in total. The van der Waals surface area contributed by atoms with E-state index in [1.165, 1.54) is 0 Å². The van der Waals surface area contributed by atoms with Crippen LogP contribution in [0.2, 0.25) is 0 Å². The van der Waals surface area contributed by atoms with Gasteiger partial charge in [0.15, 0.2) is 0 Å². The van der Waals surface area contributed by atoms with Crippen molar-refractivity contribution in [3.63, 3.8) is 0 Å². The van der Waals surface area contributed by atoms with Gasteiger partial charge in [0.05, 0.1) is 11.7 Å². The summed E-state index contributed by atoms with van der Waals surface area (Å²) >= 11 is 0. The quantitative estimate of drug-likeness (QED) is 0.605. The molecule has 112 valence electrons. The highest BCUT2D eigenvalue weighted by Crippen LogP contribution is 2.55. The average molecular weight is 282 g/mol. The van der Waals surface area contributed by atoms with Crippen LogP contribution in [-0.4, -0.2) is 46.2 Å². The molecule has 1 fully saturated rings. The zero-order valence-electron chi connectivity index (χ0n) is 11.9. The van der Waals surface area contributed by atoms with Gasteiger partial charge in [0.25, 0.3) is 0 Å². The summed E-state index contributed by atoms with van der Waals surface area (Å²) in [5.74, 6) is -0.665. The summed E-state index contributed by atoms with van der Waals surface area (Å²) in [6.07, 6.45) is 0.773. The molecule has 0 bridgehead atoms. The van der Waals surface area contributed by atoms with Crippen molar-refractivity contribution in [2.45, 2.75) is 44.8 Å². The van der Waals surface area contributed by atoms with Crippen LogP contribution in [0.15, 0.2) is 11.1 Å². The van der Waals surface area contributed by atoms with E-state index in [-0.39, 0.29) is 36.9 Å². The summed E-state index contributed by atoms with van der Waals surface area (Å²) in [5, 5.41) is 31.0. The Balaban J connectivity index is 2.01. The number of cyclic esters (lactones) is 1. The molecule has 1 aliphatic heterocycles. The number of fused-ring (bicyclic) bond motifs is 1. The Hall–Kier alpha value is -0.910. The minimum Gasteiger partial charge on any atom is -0.458 e. The molecule has 0 amide bonds. The summed E-state index contributed by atoms with van der Waals surface area (Å²) < 4.78 is 5.01. The summed E-state index contributed by atoms with van der Waals surface area (Å²) in [4.78, 5) is 11.8. The molecule has 0 aromatic rings. The van der Waals surface area contributed by atoms with E-state index in [1.807, 2.05) is 6.92 Å². The molecule has 1 heterocycles. The molecule has 0 aromatic heterocycles. The van der Waals surface area contributed by atoms with Crippen molar-refractivity contribution < 1.29 is 24.9 Å². The van der Waals surface area contributed by atoms with Crippen LogP contribution in [0.4, 0.5) is 0 Å². The van der Waals surface area contributed by atoms with Gasteiger partial charge in [-0.2, -0.15) is 0 Å². The topological polar surface area (TPSA) is 87.0 Å². The monoisotopic (exact) mass is 282 g/mol. The zero-order chi connectivity index (χ0) is 14.7. The summed E-state index contributed by atoms with van der Waals surface area (Å²) in [7, 11) is 0. The van der Waals surface area contributed by atoms with Crippen LogP contribution in [0.25, 0.3) is 0 Å². The fourth-order valence-corrected chi connectivity index (χ4v) is 4.26. The molecule has 0 spiro atoms. The summed E-state index contributed by atoms with van der Waals surface area (Å²) in [6, 6.07) is 0. The standard InChI is InChI=1S/C15H22O5/c1-14(7-16)3-9-11(5-14)15(2,19)4-8-10(12(9)17)6-20-13(8)18/h9,11-12,16-17,19H,3-7H2,1-2H3/t9-,11-,12-,14-,15+/m0/s1. The molecule has 2 aliphatic carbocycles. The number of carbonyl (C=O) groups excluding carboxylic acids is 1. The number of aliphatic hydroxyl groups is 3. The molecule has 0 unspecified atom stereocenters. The van der Waals surface area contributed by atoms with E-state index in [4.69, 9.17) is 4.74 Å². The van der Waals surface area contributed by atoms with E-state index in [0.717, 1.165) is 0 Å². The first-order valence-electron chi connectivity index (χ1n) is 7.18. The lowest BCUT2D eigenvalue weighted by molar-refractivity contribution is -0.137. The molecule has 5 atom stereocenters. The average Bonchev–Trinajstić information content (AvgIpc) is 2.90. The van der Waals surface area contributed by atoms with E-state index in [2.05, 4.69) is 0 Å². The van der Waals surface area contributed by atoms with Crippen molar-refractivity contribution >= 4 is 5.97 Å². The number of hydrogen-bond acceptors (Lipinski definition) is 5. The molecule has 1 saturated carbocycles. The fraction of sp³-hybridized carbons (Fsp3) is 0.800. The van der Waals surface area contributed by atoms with Crippen molar-refractivity contribution in [1.82, 2.24) is 0 Å². The van der Waals surface area contributed by atoms with Crippen molar-refractivity contribution in [3.05, 3.63) is 11.1 Å². The lowest BCUT2D eigenvalue weighted by Crippen LogP contribution is -2.39. The van der Waals surface area contributed by atoms with Gasteiger partial charge in [-0.1, -0.05) is 6.92 Å². The van der Waals surface area contributed by atoms with E-state index in [1.54, 1.807) is 6.92 Å². The molecule has 0 saturated heterocycles. The minimum absolute atomic E-state index is 0.0458. The molecular formula is C15H22O5. The van der Waals surface area contributed by atoms with Crippen LogP contribution in [0.5, 0.6) is 0 Å². The smallest absolute Gasteiger partial charge is 0.334 e. The third-order valence-corrected chi connectivity index (χ3v) is 5.43. The molecule has 20 heavy (non-hydrogen) atoms.